The Morgan fingerprint density at radius 1 is 1.09 bits per heavy atom. The quantitative estimate of drug-likeness (QED) is 0.584. The van der Waals surface area contributed by atoms with Gasteiger partial charge in [0.15, 0.2) is 0 Å². The van der Waals surface area contributed by atoms with E-state index in [2.05, 4.69) is 10.2 Å². The summed E-state index contributed by atoms with van der Waals surface area (Å²) in [6.45, 7) is 8.99. The van der Waals surface area contributed by atoms with Crippen molar-refractivity contribution in [3.63, 3.8) is 0 Å². The van der Waals surface area contributed by atoms with Crippen LogP contribution in [0.2, 0.25) is 10.0 Å². The third-order valence-corrected chi connectivity index (χ3v) is 6.67. The first-order valence-electron chi connectivity index (χ1n) is 11.2. The van der Waals surface area contributed by atoms with Gasteiger partial charge >= 0.3 is 12.0 Å². The molecule has 2 heterocycles. The number of benzene rings is 1. The van der Waals surface area contributed by atoms with Crippen LogP contribution in [-0.4, -0.2) is 78.5 Å². The Morgan fingerprint density at radius 2 is 1.79 bits per heavy atom. The minimum Gasteiger partial charge on any atom is -0.463 e. The van der Waals surface area contributed by atoms with E-state index in [1.165, 1.54) is 0 Å². The molecule has 0 radical (unpaired) electrons. The van der Waals surface area contributed by atoms with Crippen LogP contribution in [0, 0.1) is 0 Å². The Hall–Kier alpha value is -2.29. The summed E-state index contributed by atoms with van der Waals surface area (Å²) in [4.78, 5) is 43.8. The summed E-state index contributed by atoms with van der Waals surface area (Å²) in [7, 11) is 0. The Morgan fingerprint density at radius 3 is 2.36 bits per heavy atom. The molecule has 1 saturated heterocycles. The SMILES string of the molecule is CCOC(=O)C1=C(CN2CCN(C(=O)CC)CC2)N(CC)C(=O)NC1c1ccc(Cl)c(Cl)c1. The van der Waals surface area contributed by atoms with Crippen LogP contribution in [-0.2, 0) is 14.3 Å². The van der Waals surface area contributed by atoms with E-state index in [0.29, 0.717) is 72.6 Å². The molecule has 1 aromatic rings. The molecular weight excluding hydrogens is 467 g/mol. The highest BCUT2D eigenvalue weighted by Crippen LogP contribution is 2.34. The van der Waals surface area contributed by atoms with Crippen LogP contribution < -0.4 is 5.32 Å². The first-order chi connectivity index (χ1) is 15.8. The van der Waals surface area contributed by atoms with E-state index >= 15 is 0 Å². The van der Waals surface area contributed by atoms with Gasteiger partial charge in [-0.05, 0) is 31.5 Å². The summed E-state index contributed by atoms with van der Waals surface area (Å²) >= 11 is 12.3. The summed E-state index contributed by atoms with van der Waals surface area (Å²) < 4.78 is 5.39. The second-order valence-electron chi connectivity index (χ2n) is 7.89. The van der Waals surface area contributed by atoms with Gasteiger partial charge in [-0.2, -0.15) is 0 Å². The zero-order chi connectivity index (χ0) is 24.1. The molecule has 0 aliphatic carbocycles. The predicted molar refractivity (Wildman–Crippen MR) is 127 cm³/mol. The summed E-state index contributed by atoms with van der Waals surface area (Å²) in [5, 5.41) is 3.65. The number of piperazine rings is 1. The monoisotopic (exact) mass is 496 g/mol. The Balaban J connectivity index is 1.99. The molecule has 2 aliphatic rings. The van der Waals surface area contributed by atoms with Crippen LogP contribution in [0.25, 0.3) is 0 Å². The van der Waals surface area contributed by atoms with Crippen LogP contribution >= 0.6 is 23.2 Å². The molecule has 1 N–H and O–H groups in total. The Kier molecular flexibility index (Phi) is 8.62. The molecule has 0 bridgehead atoms. The van der Waals surface area contributed by atoms with Gasteiger partial charge in [-0.3, -0.25) is 14.6 Å². The minimum absolute atomic E-state index is 0.132. The highest BCUT2D eigenvalue weighted by atomic mass is 35.5. The number of hydrogen-bond acceptors (Lipinski definition) is 5. The number of amides is 3. The molecule has 1 aromatic carbocycles. The number of ether oxygens (including phenoxy) is 1. The van der Waals surface area contributed by atoms with Gasteiger partial charge in [-0.1, -0.05) is 36.2 Å². The first-order valence-corrected chi connectivity index (χ1v) is 12.0. The van der Waals surface area contributed by atoms with Crippen LogP contribution in [0.3, 0.4) is 0 Å². The molecule has 33 heavy (non-hydrogen) atoms. The number of hydrogen-bond donors (Lipinski definition) is 1. The van der Waals surface area contributed by atoms with Crippen LogP contribution in [0.15, 0.2) is 29.5 Å². The van der Waals surface area contributed by atoms with Gasteiger partial charge in [0.25, 0.3) is 0 Å². The minimum atomic E-state index is -0.716. The molecule has 0 aromatic heterocycles. The summed E-state index contributed by atoms with van der Waals surface area (Å²) in [5.41, 5.74) is 1.63. The molecule has 3 amide bonds. The van der Waals surface area contributed by atoms with Crippen LogP contribution in [0.5, 0.6) is 0 Å². The lowest BCUT2D eigenvalue weighted by molar-refractivity contribution is -0.139. The highest BCUT2D eigenvalue weighted by molar-refractivity contribution is 6.42. The maximum Gasteiger partial charge on any atom is 0.338 e. The van der Waals surface area contributed by atoms with Gasteiger partial charge in [-0.25, -0.2) is 9.59 Å². The molecule has 0 spiro atoms. The molecule has 1 atom stereocenters. The van der Waals surface area contributed by atoms with E-state index in [-0.39, 0.29) is 18.5 Å². The zero-order valence-electron chi connectivity index (χ0n) is 19.2. The van der Waals surface area contributed by atoms with E-state index in [1.807, 2.05) is 18.7 Å². The maximum absolute atomic E-state index is 13.1. The third kappa shape index (κ3) is 5.62. The summed E-state index contributed by atoms with van der Waals surface area (Å²) in [5.74, 6) is -0.352. The maximum atomic E-state index is 13.1. The van der Waals surface area contributed by atoms with E-state index in [1.54, 1.807) is 30.0 Å². The third-order valence-electron chi connectivity index (χ3n) is 5.93. The van der Waals surface area contributed by atoms with Crippen molar-refractivity contribution < 1.29 is 19.1 Å². The molecule has 2 aliphatic heterocycles. The fraction of sp³-hybridized carbons (Fsp3) is 0.522. The standard InChI is InChI=1S/C23H30Cl2N4O4/c1-4-19(30)28-11-9-27(10-12-28)14-18-20(22(31)33-6-3)21(26-23(32)29(18)5-2)15-7-8-16(24)17(25)13-15/h7-8,13,21H,4-6,9-12,14H2,1-3H3,(H,26,32). The highest BCUT2D eigenvalue weighted by Gasteiger charge is 2.38. The number of likely N-dealkylation sites (N-methyl/N-ethyl adjacent to an activating group) is 1. The summed E-state index contributed by atoms with van der Waals surface area (Å²) in [6, 6.07) is 4.03. The lowest BCUT2D eigenvalue weighted by atomic mass is 9.94. The lowest BCUT2D eigenvalue weighted by Gasteiger charge is -2.40. The number of urea groups is 1. The van der Waals surface area contributed by atoms with Crippen molar-refractivity contribution in [3.8, 4) is 0 Å². The van der Waals surface area contributed by atoms with E-state index in [0.717, 1.165) is 0 Å². The smallest absolute Gasteiger partial charge is 0.338 e. The van der Waals surface area contributed by atoms with Crippen molar-refractivity contribution >= 4 is 41.1 Å². The molecule has 1 fully saturated rings. The van der Waals surface area contributed by atoms with Gasteiger partial charge in [0.05, 0.1) is 28.3 Å². The van der Waals surface area contributed by atoms with Gasteiger partial charge < -0.3 is 15.0 Å². The molecule has 10 heteroatoms. The number of nitrogens with one attached hydrogen (secondary N) is 1. The predicted octanol–water partition coefficient (Wildman–Crippen LogP) is 3.45. The van der Waals surface area contributed by atoms with Crippen molar-refractivity contribution in [1.82, 2.24) is 20.0 Å². The number of nitrogens with zero attached hydrogens (tertiary/aromatic N) is 3. The Labute approximate surface area is 204 Å². The topological polar surface area (TPSA) is 82.2 Å². The normalized spacial score (nSPS) is 19.5. The van der Waals surface area contributed by atoms with Crippen molar-refractivity contribution in [3.05, 3.63) is 45.1 Å². The van der Waals surface area contributed by atoms with Gasteiger partial charge in [0, 0.05) is 51.4 Å². The first kappa shape index (κ1) is 25.3. The van der Waals surface area contributed by atoms with Crippen LogP contribution in [0.1, 0.15) is 38.8 Å². The van der Waals surface area contributed by atoms with Crippen molar-refractivity contribution in [2.75, 3.05) is 45.9 Å². The molecule has 1 unspecified atom stereocenters. The lowest BCUT2D eigenvalue weighted by Crippen LogP contribution is -2.53. The van der Waals surface area contributed by atoms with Gasteiger partial charge in [0.1, 0.15) is 0 Å². The molecule has 180 valence electrons. The van der Waals surface area contributed by atoms with E-state index in [4.69, 9.17) is 27.9 Å². The van der Waals surface area contributed by atoms with E-state index in [9.17, 15) is 14.4 Å². The van der Waals surface area contributed by atoms with Crippen molar-refractivity contribution in [2.45, 2.75) is 33.2 Å². The number of carbonyl (C=O) groups is 3. The molecule has 3 rings (SSSR count). The van der Waals surface area contributed by atoms with Crippen molar-refractivity contribution in [2.24, 2.45) is 0 Å². The fourth-order valence-electron chi connectivity index (χ4n) is 4.19. The fourth-order valence-corrected chi connectivity index (χ4v) is 4.50. The number of esters is 1. The number of carbonyl (C=O) groups excluding carboxylic acids is 3. The van der Waals surface area contributed by atoms with Crippen molar-refractivity contribution in [1.29, 1.82) is 0 Å². The number of rotatable bonds is 7. The van der Waals surface area contributed by atoms with Crippen LogP contribution in [0.4, 0.5) is 4.79 Å². The largest absolute Gasteiger partial charge is 0.463 e. The second kappa shape index (κ2) is 11.2. The zero-order valence-corrected chi connectivity index (χ0v) is 20.7. The second-order valence-corrected chi connectivity index (χ2v) is 8.71. The van der Waals surface area contributed by atoms with Gasteiger partial charge in [0.2, 0.25) is 5.91 Å². The summed E-state index contributed by atoms with van der Waals surface area (Å²) in [6.07, 6.45) is 0.479. The molecular formula is C23H30Cl2N4O4. The van der Waals surface area contributed by atoms with E-state index < -0.39 is 12.0 Å². The molecule has 0 saturated carbocycles. The number of halogens is 2. The molecule has 8 nitrogen and oxygen atoms in total. The Bertz CT molecular complexity index is 944. The average Bonchev–Trinajstić information content (AvgIpc) is 2.80. The average molecular weight is 497 g/mol. The van der Waals surface area contributed by atoms with Gasteiger partial charge in [-0.15, -0.1) is 0 Å².